The molecule has 4 amide bonds. The van der Waals surface area contributed by atoms with Crippen LogP contribution in [0.2, 0.25) is 25.7 Å². The number of fused-ring (bicyclic) bond motifs is 2. The summed E-state index contributed by atoms with van der Waals surface area (Å²) < 4.78 is 7.46. The minimum atomic E-state index is -1.25. The highest BCUT2D eigenvalue weighted by atomic mass is 28.3. The highest BCUT2D eigenvalue weighted by molar-refractivity contribution is 6.76. The minimum absolute atomic E-state index is 0.141. The van der Waals surface area contributed by atoms with Gasteiger partial charge in [-0.15, -0.1) is 0 Å². The number of ether oxygens (including phenoxy) is 1. The fraction of sp³-hybridized carbons (Fsp3) is 0.217. The highest BCUT2D eigenvalue weighted by Crippen LogP contribution is 2.27. The van der Waals surface area contributed by atoms with E-state index in [4.69, 9.17) is 16.2 Å². The van der Waals surface area contributed by atoms with E-state index in [1.165, 1.54) is 28.4 Å². The van der Waals surface area contributed by atoms with Crippen molar-refractivity contribution in [1.29, 1.82) is 0 Å². The van der Waals surface area contributed by atoms with Crippen molar-refractivity contribution in [3.05, 3.63) is 145 Å². The van der Waals surface area contributed by atoms with Gasteiger partial charge in [-0.2, -0.15) is 10.2 Å². The molecule has 0 saturated carbocycles. The number of nitrogen functional groups attached to an aromatic ring is 2. The summed E-state index contributed by atoms with van der Waals surface area (Å²) in [4.78, 5) is 80.4. The quantitative estimate of drug-likeness (QED) is 0.0525. The van der Waals surface area contributed by atoms with E-state index in [1.54, 1.807) is 84.2 Å². The highest BCUT2D eigenvalue weighted by Gasteiger charge is 2.27. The first-order valence-electron chi connectivity index (χ1n) is 21.4. The van der Waals surface area contributed by atoms with Crippen LogP contribution in [0.1, 0.15) is 22.8 Å². The van der Waals surface area contributed by atoms with E-state index in [0.717, 1.165) is 6.04 Å². The van der Waals surface area contributed by atoms with Crippen molar-refractivity contribution in [3.63, 3.8) is 0 Å². The summed E-state index contributed by atoms with van der Waals surface area (Å²) in [6.07, 6.45) is 12.4. The van der Waals surface area contributed by atoms with Gasteiger partial charge in [0.25, 0.3) is 0 Å². The summed E-state index contributed by atoms with van der Waals surface area (Å²) in [7, 11) is -1.25. The molecular formula is C46H50N16O5Si. The summed E-state index contributed by atoms with van der Waals surface area (Å²) >= 11 is 0. The zero-order valence-electron chi connectivity index (χ0n) is 37.6. The smallest absolute Gasteiger partial charge is 0.314 e. The Bertz CT molecular complexity index is 2890. The first-order chi connectivity index (χ1) is 32.8. The van der Waals surface area contributed by atoms with E-state index < -0.39 is 31.7 Å². The lowest BCUT2D eigenvalue weighted by molar-refractivity contribution is -0.144. The zero-order chi connectivity index (χ0) is 48.0. The van der Waals surface area contributed by atoms with Gasteiger partial charge in [0, 0.05) is 39.5 Å². The van der Waals surface area contributed by atoms with Gasteiger partial charge in [-0.05, 0) is 54.6 Å². The average Bonchev–Trinajstić information content (AvgIpc) is 4.03. The molecule has 0 aliphatic heterocycles. The Morgan fingerprint density at radius 1 is 0.618 bits per heavy atom. The van der Waals surface area contributed by atoms with Gasteiger partial charge in [0.2, 0.25) is 0 Å². The van der Waals surface area contributed by atoms with Crippen molar-refractivity contribution in [2.45, 2.75) is 58.6 Å². The van der Waals surface area contributed by atoms with E-state index in [-0.39, 0.29) is 44.5 Å². The minimum Gasteiger partial charge on any atom is -0.383 e. The van der Waals surface area contributed by atoms with Crippen LogP contribution < -0.4 is 22.1 Å². The standard InChI is InChI=1S/C26H32N8O3Si.C20H18N8O2/c1-38(2,3)13-12-37-18-34-23-21(14-31-34)24(27)30-15-22(23)32-25(35)26(36)33(16-19-8-4-6-10-28-19)17-20-9-5-7-11-29-20;21-18-15-9-25-27-17(15)16(10-24-18)26-19(29)20(30)28(11-13-5-1-3-7-22-13)12-14-6-2-4-8-23-14/h4-11,14-15H,12-13,16-18H2,1-3H3,(H2,27,30)(H,32,35);1-10H,11-12H2,(H2,21,24)(H,25,27)(H,26,29). The van der Waals surface area contributed by atoms with Crippen molar-refractivity contribution < 1.29 is 23.9 Å². The van der Waals surface area contributed by atoms with E-state index >= 15 is 0 Å². The van der Waals surface area contributed by atoms with Gasteiger partial charge < -0.3 is 36.6 Å². The van der Waals surface area contributed by atoms with Gasteiger partial charge in [-0.1, -0.05) is 43.9 Å². The molecular weight excluding hydrogens is 885 g/mol. The van der Waals surface area contributed by atoms with E-state index in [1.807, 2.05) is 24.3 Å². The third-order valence-corrected chi connectivity index (χ3v) is 11.9. The van der Waals surface area contributed by atoms with Crippen molar-refractivity contribution in [1.82, 2.24) is 59.7 Å². The molecule has 0 aliphatic carbocycles. The summed E-state index contributed by atoms with van der Waals surface area (Å²) in [6, 6.07) is 22.6. The number of nitrogens with one attached hydrogen (secondary N) is 3. The number of aromatic nitrogens is 10. The van der Waals surface area contributed by atoms with Gasteiger partial charge in [0.05, 0.1) is 107 Å². The lowest BCUT2D eigenvalue weighted by Crippen LogP contribution is -2.39. The Kier molecular flexibility index (Phi) is 15.4. The summed E-state index contributed by atoms with van der Waals surface area (Å²) in [5.41, 5.74) is 16.1. The molecule has 21 nitrogen and oxygen atoms in total. The Hall–Kier alpha value is -8.50. The van der Waals surface area contributed by atoms with Crippen LogP contribution in [-0.4, -0.2) is 98.0 Å². The monoisotopic (exact) mass is 934 g/mol. The number of amides is 4. The molecule has 22 heteroatoms. The number of carbonyl (C=O) groups excluding carboxylic acids is 4. The molecule has 0 fully saturated rings. The number of hydrogen-bond donors (Lipinski definition) is 5. The van der Waals surface area contributed by atoms with Gasteiger partial charge in [0.15, 0.2) is 0 Å². The third-order valence-electron chi connectivity index (χ3n) is 10.2. The maximum Gasteiger partial charge on any atom is 0.314 e. The van der Waals surface area contributed by atoms with E-state index in [9.17, 15) is 19.2 Å². The van der Waals surface area contributed by atoms with E-state index in [2.05, 4.69) is 75.5 Å². The van der Waals surface area contributed by atoms with Crippen LogP contribution in [0.5, 0.6) is 0 Å². The second-order valence-corrected chi connectivity index (χ2v) is 22.2. The molecule has 0 unspecified atom stereocenters. The third kappa shape index (κ3) is 12.6. The lowest BCUT2D eigenvalue weighted by Gasteiger charge is -2.21. The topological polar surface area (TPSA) is 284 Å². The maximum atomic E-state index is 13.4. The molecule has 0 bridgehead atoms. The molecule has 0 aromatic carbocycles. The van der Waals surface area contributed by atoms with Crippen molar-refractivity contribution in [2.24, 2.45) is 0 Å². The second-order valence-electron chi connectivity index (χ2n) is 16.5. The Balaban J connectivity index is 0.000000207. The predicted octanol–water partition coefficient (Wildman–Crippen LogP) is 4.78. The SMILES string of the molecule is C[Si](C)(C)CCOCn1ncc2c(N)ncc(NC(=O)C(=O)N(Cc3ccccn3)Cc3ccccn3)c21.Nc1ncc(NC(=O)C(=O)N(Cc2ccccn2)Cc2ccccn2)c2[nH]ncc12. The molecule has 0 spiro atoms. The largest absolute Gasteiger partial charge is 0.383 e. The number of pyridine rings is 6. The fourth-order valence-electron chi connectivity index (χ4n) is 6.68. The number of anilines is 4. The van der Waals surface area contributed by atoms with Gasteiger partial charge >= 0.3 is 23.6 Å². The van der Waals surface area contributed by atoms with Crippen molar-refractivity contribution in [3.8, 4) is 0 Å². The molecule has 0 aliphatic rings. The first-order valence-corrected chi connectivity index (χ1v) is 25.1. The predicted molar refractivity (Wildman–Crippen MR) is 257 cm³/mol. The average molecular weight is 935 g/mol. The number of rotatable bonds is 15. The summed E-state index contributed by atoms with van der Waals surface area (Å²) in [6.45, 7) is 8.22. The lowest BCUT2D eigenvalue weighted by atomic mass is 10.2. The molecule has 7 N–H and O–H groups in total. The first kappa shape index (κ1) is 47.5. The number of hydrogen-bond acceptors (Lipinski definition) is 15. The molecule has 348 valence electrons. The Morgan fingerprint density at radius 3 is 1.53 bits per heavy atom. The Labute approximate surface area is 391 Å². The van der Waals surface area contributed by atoms with Crippen LogP contribution in [0, 0.1) is 0 Å². The second kappa shape index (κ2) is 22.1. The number of nitrogens with zero attached hydrogens (tertiary/aromatic N) is 11. The zero-order valence-corrected chi connectivity index (χ0v) is 38.6. The molecule has 0 radical (unpaired) electrons. The summed E-state index contributed by atoms with van der Waals surface area (Å²) in [5, 5.41) is 17.4. The van der Waals surface area contributed by atoms with Crippen LogP contribution in [-0.2, 0) is 56.8 Å². The Morgan fingerprint density at radius 2 is 1.07 bits per heavy atom. The maximum absolute atomic E-state index is 13.4. The van der Waals surface area contributed by atoms with Crippen LogP contribution in [0.15, 0.2) is 122 Å². The normalized spacial score (nSPS) is 11.1. The number of nitrogens with two attached hydrogens (primary N) is 2. The number of carbonyl (C=O) groups is 4. The fourth-order valence-corrected chi connectivity index (χ4v) is 7.43. The number of H-pyrrole nitrogens is 1. The molecule has 8 heterocycles. The molecule has 68 heavy (non-hydrogen) atoms. The van der Waals surface area contributed by atoms with Gasteiger partial charge in [0.1, 0.15) is 18.4 Å². The molecule has 0 atom stereocenters. The van der Waals surface area contributed by atoms with Gasteiger partial charge in [-0.3, -0.25) is 44.2 Å². The van der Waals surface area contributed by atoms with Crippen molar-refractivity contribution >= 4 is 76.5 Å². The molecule has 0 saturated heterocycles. The molecule has 8 rings (SSSR count). The van der Waals surface area contributed by atoms with Crippen LogP contribution >= 0.6 is 0 Å². The van der Waals surface area contributed by atoms with Crippen LogP contribution in [0.25, 0.3) is 21.8 Å². The van der Waals surface area contributed by atoms with E-state index in [0.29, 0.717) is 62.6 Å². The number of aromatic amines is 1. The van der Waals surface area contributed by atoms with Crippen LogP contribution in [0.3, 0.4) is 0 Å². The molecule has 8 aromatic rings. The molecule has 8 aromatic heterocycles. The van der Waals surface area contributed by atoms with Gasteiger partial charge in [-0.25, -0.2) is 14.6 Å². The summed E-state index contributed by atoms with van der Waals surface area (Å²) in [5.74, 6) is -2.55. The van der Waals surface area contributed by atoms with Crippen LogP contribution in [0.4, 0.5) is 23.0 Å². The van der Waals surface area contributed by atoms with Crippen molar-refractivity contribution in [2.75, 3.05) is 28.7 Å².